The largest absolute Gasteiger partial charge is 0.646 e. The lowest BCUT2D eigenvalue weighted by atomic mass is 10.3. The molecule has 6 heteroatoms. The molecule has 0 saturated carbocycles. The molecular weight excluding hydrogens is 335 g/mol. The first kappa shape index (κ1) is 17.5. The van der Waals surface area contributed by atoms with Crippen LogP contribution in [0.25, 0.3) is 0 Å². The number of alkyl halides is 1. The van der Waals surface area contributed by atoms with Gasteiger partial charge in [0.05, 0.1) is 0 Å². The lowest BCUT2D eigenvalue weighted by molar-refractivity contribution is 0.257. The number of hydrogen-bond acceptors (Lipinski definition) is 4. The molecule has 0 atom stereocenters. The summed E-state index contributed by atoms with van der Waals surface area (Å²) < 4.78 is 29.4. The van der Waals surface area contributed by atoms with E-state index in [1.54, 1.807) is 61.5 Å². The Morgan fingerprint density at radius 3 is 1.91 bits per heavy atom. The Kier molecular flexibility index (Phi) is 6.57. The summed E-state index contributed by atoms with van der Waals surface area (Å²) in [6.45, 7) is 1.68. The summed E-state index contributed by atoms with van der Waals surface area (Å²) in [6.07, 6.45) is 2.34. The molecule has 0 aliphatic rings. The van der Waals surface area contributed by atoms with Crippen LogP contribution in [0.4, 0.5) is 0 Å². The van der Waals surface area contributed by atoms with Crippen molar-refractivity contribution >= 4 is 19.4 Å². The van der Waals surface area contributed by atoms with Crippen molar-refractivity contribution in [2.75, 3.05) is 5.88 Å². The molecule has 0 bridgehead atoms. The maximum Gasteiger partial charge on any atom is 0.646 e. The quantitative estimate of drug-likeness (QED) is 0.342. The molecule has 4 nitrogen and oxygen atoms in total. The zero-order valence-electron chi connectivity index (χ0n) is 12.7. The van der Waals surface area contributed by atoms with E-state index in [0.29, 0.717) is 29.6 Å². The molecule has 0 unspecified atom stereocenters. The first-order chi connectivity index (χ1) is 11.1. The summed E-state index contributed by atoms with van der Waals surface area (Å²) in [6, 6.07) is 17.5. The van der Waals surface area contributed by atoms with Crippen molar-refractivity contribution in [1.82, 2.24) is 0 Å². The highest BCUT2D eigenvalue weighted by Crippen LogP contribution is 2.51. The molecule has 0 saturated heterocycles. The number of benzene rings is 2. The predicted octanol–water partition coefficient (Wildman–Crippen LogP) is 5.80. The van der Waals surface area contributed by atoms with Crippen molar-refractivity contribution in [3.63, 3.8) is 0 Å². The van der Waals surface area contributed by atoms with Crippen LogP contribution in [0.15, 0.2) is 72.5 Å². The van der Waals surface area contributed by atoms with Gasteiger partial charge in [0.1, 0.15) is 17.3 Å². The maximum atomic E-state index is 13.0. The van der Waals surface area contributed by atoms with Crippen LogP contribution >= 0.6 is 19.4 Å². The Morgan fingerprint density at radius 2 is 1.48 bits per heavy atom. The Bertz CT molecular complexity index is 628. The first-order valence-electron chi connectivity index (χ1n) is 7.13. The van der Waals surface area contributed by atoms with Gasteiger partial charge in [-0.1, -0.05) is 36.4 Å². The molecule has 0 aliphatic heterocycles. The van der Waals surface area contributed by atoms with Gasteiger partial charge in [0, 0.05) is 5.88 Å². The average molecular weight is 353 g/mol. The average Bonchev–Trinajstić information content (AvgIpc) is 2.54. The van der Waals surface area contributed by atoms with Gasteiger partial charge in [-0.25, -0.2) is 0 Å². The van der Waals surface area contributed by atoms with Gasteiger partial charge < -0.3 is 13.6 Å². The Balaban J connectivity index is 2.20. The van der Waals surface area contributed by atoms with Crippen molar-refractivity contribution < 1.29 is 18.1 Å². The third-order valence-corrected chi connectivity index (χ3v) is 4.32. The van der Waals surface area contributed by atoms with Crippen LogP contribution < -0.4 is 9.05 Å². The van der Waals surface area contributed by atoms with Gasteiger partial charge in [-0.15, -0.1) is 11.6 Å². The molecule has 0 heterocycles. The van der Waals surface area contributed by atoms with Gasteiger partial charge in [-0.2, -0.15) is 4.57 Å². The number of phosphoric ester groups is 1. The van der Waals surface area contributed by atoms with Crippen LogP contribution in [0, 0.1) is 0 Å². The van der Waals surface area contributed by atoms with Gasteiger partial charge in [0.25, 0.3) is 0 Å². The molecule has 0 aliphatic carbocycles. The van der Waals surface area contributed by atoms with Crippen LogP contribution in [-0.2, 0) is 9.09 Å². The molecule has 2 rings (SSSR count). The molecule has 2 aromatic carbocycles. The van der Waals surface area contributed by atoms with E-state index < -0.39 is 7.82 Å². The number of halogens is 1. The summed E-state index contributed by atoms with van der Waals surface area (Å²) in [5.74, 6) is 1.68. The number of hydrogen-bond donors (Lipinski definition) is 0. The summed E-state index contributed by atoms with van der Waals surface area (Å²) in [5.41, 5.74) is 0. The standard InChI is InChI=1S/C17H18ClO4P/c1-15(9-8-14-18)20-23(19,21-16-10-4-2-5-11-16)22-17-12-6-3-7-13-17/h2-7,9-13H,8,14H2,1H3/b15-9+. The minimum Gasteiger partial charge on any atom is -0.391 e. The van der Waals surface area contributed by atoms with Gasteiger partial charge in [0.15, 0.2) is 0 Å². The summed E-state index contributed by atoms with van der Waals surface area (Å²) >= 11 is 5.64. The van der Waals surface area contributed by atoms with Crippen molar-refractivity contribution in [2.45, 2.75) is 13.3 Å². The van der Waals surface area contributed by atoms with Gasteiger partial charge in [-0.05, 0) is 43.7 Å². The molecule has 0 N–H and O–H groups in total. The van der Waals surface area contributed by atoms with Gasteiger partial charge in [-0.3, -0.25) is 0 Å². The molecule has 2 aromatic rings. The Morgan fingerprint density at radius 1 is 1.00 bits per heavy atom. The van der Waals surface area contributed by atoms with E-state index in [9.17, 15) is 4.57 Å². The van der Waals surface area contributed by atoms with E-state index in [-0.39, 0.29) is 0 Å². The monoisotopic (exact) mass is 352 g/mol. The topological polar surface area (TPSA) is 44.8 Å². The number of rotatable bonds is 8. The molecule has 0 spiro atoms. The second-order valence-corrected chi connectivity index (χ2v) is 6.46. The van der Waals surface area contributed by atoms with Crippen LogP contribution in [0.1, 0.15) is 13.3 Å². The van der Waals surface area contributed by atoms with E-state index in [0.717, 1.165) is 0 Å². The van der Waals surface area contributed by atoms with E-state index in [2.05, 4.69) is 0 Å². The van der Waals surface area contributed by atoms with Crippen LogP contribution in [0.2, 0.25) is 0 Å². The second kappa shape index (κ2) is 8.66. The molecule has 0 radical (unpaired) electrons. The minimum absolute atomic E-state index is 0.400. The third-order valence-electron chi connectivity index (χ3n) is 2.72. The maximum absolute atomic E-state index is 13.0. The number of phosphoric acid groups is 1. The lowest BCUT2D eigenvalue weighted by Gasteiger charge is -2.19. The highest BCUT2D eigenvalue weighted by Gasteiger charge is 2.32. The smallest absolute Gasteiger partial charge is 0.391 e. The molecule has 0 aromatic heterocycles. The van der Waals surface area contributed by atoms with E-state index in [1.807, 2.05) is 12.1 Å². The number of para-hydroxylation sites is 2. The fraction of sp³-hybridized carbons (Fsp3) is 0.176. The summed E-state index contributed by atoms with van der Waals surface area (Å²) in [7, 11) is -3.87. The zero-order valence-corrected chi connectivity index (χ0v) is 14.4. The first-order valence-corrected chi connectivity index (χ1v) is 9.12. The van der Waals surface area contributed by atoms with E-state index >= 15 is 0 Å². The van der Waals surface area contributed by atoms with Crippen molar-refractivity contribution in [3.8, 4) is 11.5 Å². The summed E-state index contributed by atoms with van der Waals surface area (Å²) in [4.78, 5) is 0. The van der Waals surface area contributed by atoms with Crippen LogP contribution in [0.3, 0.4) is 0 Å². The van der Waals surface area contributed by atoms with Gasteiger partial charge >= 0.3 is 7.82 Å². The highest BCUT2D eigenvalue weighted by molar-refractivity contribution is 7.49. The molecule has 122 valence electrons. The third kappa shape index (κ3) is 6.01. The fourth-order valence-electron chi connectivity index (χ4n) is 1.75. The summed E-state index contributed by atoms with van der Waals surface area (Å²) in [5, 5.41) is 0. The van der Waals surface area contributed by atoms with Crippen LogP contribution in [-0.4, -0.2) is 5.88 Å². The van der Waals surface area contributed by atoms with Crippen molar-refractivity contribution in [3.05, 3.63) is 72.5 Å². The SMILES string of the molecule is C/C(=C\CCCl)OP(=O)(Oc1ccccc1)Oc1ccccc1. The molecule has 23 heavy (non-hydrogen) atoms. The van der Waals surface area contributed by atoms with Gasteiger partial charge in [0.2, 0.25) is 0 Å². The highest BCUT2D eigenvalue weighted by atomic mass is 35.5. The predicted molar refractivity (Wildman–Crippen MR) is 91.9 cm³/mol. The molecule has 0 fully saturated rings. The fourth-order valence-corrected chi connectivity index (χ4v) is 3.16. The van der Waals surface area contributed by atoms with Crippen molar-refractivity contribution in [2.24, 2.45) is 0 Å². The van der Waals surface area contributed by atoms with E-state index in [4.69, 9.17) is 25.2 Å². The molecule has 0 amide bonds. The number of allylic oxidation sites excluding steroid dienone is 2. The lowest BCUT2D eigenvalue weighted by Crippen LogP contribution is -2.04. The van der Waals surface area contributed by atoms with Crippen molar-refractivity contribution in [1.29, 1.82) is 0 Å². The zero-order chi connectivity index (χ0) is 16.5. The van der Waals surface area contributed by atoms with Crippen LogP contribution in [0.5, 0.6) is 11.5 Å². The molecular formula is C17H18ClO4P. The van der Waals surface area contributed by atoms with E-state index in [1.165, 1.54) is 0 Å². The normalized spacial score (nSPS) is 11.8. The Labute approximate surface area is 141 Å². The second-order valence-electron chi connectivity index (χ2n) is 4.64. The minimum atomic E-state index is -3.87. The Hall–Kier alpha value is -1.90.